The molecule has 0 aliphatic rings. The van der Waals surface area contributed by atoms with E-state index in [4.69, 9.17) is 17.4 Å². The Morgan fingerprint density at radius 1 is 1.30 bits per heavy atom. The molecule has 8 heteroatoms. The van der Waals surface area contributed by atoms with Crippen molar-refractivity contribution < 1.29 is 18.0 Å². The lowest BCUT2D eigenvalue weighted by Gasteiger charge is -2.11. The highest BCUT2D eigenvalue weighted by Gasteiger charge is 2.34. The molecule has 0 saturated heterocycles. The van der Waals surface area contributed by atoms with Gasteiger partial charge in [0.1, 0.15) is 5.02 Å². The van der Waals surface area contributed by atoms with Crippen LogP contribution in [-0.4, -0.2) is 9.85 Å². The Kier molecular flexibility index (Phi) is 3.63. The van der Waals surface area contributed by atoms with Gasteiger partial charge in [0.05, 0.1) is 16.2 Å². The lowest BCUT2D eigenvalue weighted by molar-refractivity contribution is -0.475. The van der Waals surface area contributed by atoms with Gasteiger partial charge in [0.15, 0.2) is 11.1 Å². The first-order chi connectivity index (χ1) is 9.30. The molecule has 2 aromatic rings. The molecule has 0 fully saturated rings. The van der Waals surface area contributed by atoms with E-state index in [1.165, 1.54) is 18.2 Å². The van der Waals surface area contributed by atoms with E-state index in [9.17, 15) is 18.1 Å². The van der Waals surface area contributed by atoms with Crippen molar-refractivity contribution in [1.82, 2.24) is 4.98 Å². The molecule has 4 nitrogen and oxygen atoms in total. The molecule has 1 heterocycles. The summed E-state index contributed by atoms with van der Waals surface area (Å²) in [6.07, 6.45) is -2.30. The molecule has 2 N–H and O–H groups in total. The first kappa shape index (κ1) is 14.3. The van der Waals surface area contributed by atoms with Gasteiger partial charge in [-0.25, -0.2) is 4.98 Å². The largest absolute Gasteiger partial charge is 0.417 e. The molecule has 2 rings (SSSR count). The van der Waals surface area contributed by atoms with E-state index in [0.717, 1.165) is 12.1 Å². The summed E-state index contributed by atoms with van der Waals surface area (Å²) in [5.74, 6) is 4.94. The Labute approximate surface area is 116 Å². The van der Waals surface area contributed by atoms with E-state index in [1.807, 2.05) is 0 Å². The minimum Gasteiger partial charge on any atom is -0.239 e. The third-order valence-corrected chi connectivity index (χ3v) is 2.79. The van der Waals surface area contributed by atoms with Crippen molar-refractivity contribution in [1.29, 1.82) is 0 Å². The van der Waals surface area contributed by atoms with Crippen LogP contribution in [0.2, 0.25) is 5.02 Å². The molecule has 1 radical (unpaired) electrons. The van der Waals surface area contributed by atoms with Gasteiger partial charge in [-0.2, -0.15) is 19.0 Å². The Bertz CT molecular complexity index is 673. The predicted octanol–water partition coefficient (Wildman–Crippen LogP) is 3.51. The number of rotatable bonds is 2. The number of nitrogens with two attached hydrogens (primary N) is 1. The van der Waals surface area contributed by atoms with Crippen LogP contribution in [0.5, 0.6) is 0 Å². The van der Waals surface area contributed by atoms with Crippen molar-refractivity contribution in [3.63, 3.8) is 0 Å². The highest BCUT2D eigenvalue weighted by atomic mass is 35.5. The fourth-order valence-electron chi connectivity index (χ4n) is 1.63. The van der Waals surface area contributed by atoms with E-state index in [1.54, 1.807) is 0 Å². The second kappa shape index (κ2) is 5.09. The monoisotopic (exact) mass is 301 g/mol. The quantitative estimate of drug-likeness (QED) is 0.524. The van der Waals surface area contributed by atoms with Crippen LogP contribution in [0.25, 0.3) is 11.3 Å². The number of hydrogen-bond donors (Lipinski definition) is 1. The molecule has 1 aromatic heterocycles. The van der Waals surface area contributed by atoms with Crippen molar-refractivity contribution in [2.24, 2.45) is 5.84 Å². The minimum atomic E-state index is -4.53. The Morgan fingerprint density at radius 2 is 1.95 bits per heavy atom. The number of alkyl halides is 3. The maximum Gasteiger partial charge on any atom is 0.417 e. The number of nitroso groups, excluding NO2 is 1. The zero-order valence-corrected chi connectivity index (χ0v) is 10.5. The van der Waals surface area contributed by atoms with Gasteiger partial charge in [0.25, 0.3) is 0 Å². The van der Waals surface area contributed by atoms with E-state index in [0.29, 0.717) is 0 Å². The van der Waals surface area contributed by atoms with Crippen LogP contribution in [0.15, 0.2) is 30.3 Å². The molecule has 0 bridgehead atoms. The zero-order valence-electron chi connectivity index (χ0n) is 9.78. The number of nitrogens with zero attached hydrogens (tertiary/aromatic N) is 2. The summed E-state index contributed by atoms with van der Waals surface area (Å²) < 4.78 is 38.7. The van der Waals surface area contributed by atoms with Crippen LogP contribution in [0.3, 0.4) is 0 Å². The molecular formula is C12H7ClF3N3O+. The summed E-state index contributed by atoms with van der Waals surface area (Å²) in [5, 5.41) is -0.135. The number of pyridine rings is 1. The van der Waals surface area contributed by atoms with Crippen molar-refractivity contribution >= 4 is 17.3 Å². The van der Waals surface area contributed by atoms with E-state index < -0.39 is 11.7 Å². The van der Waals surface area contributed by atoms with E-state index >= 15 is 0 Å². The number of aromatic nitrogens is 1. The highest BCUT2D eigenvalue weighted by molar-refractivity contribution is 6.32. The fourth-order valence-corrected chi connectivity index (χ4v) is 1.86. The van der Waals surface area contributed by atoms with Gasteiger partial charge in [0.2, 0.25) is 0 Å². The summed E-state index contributed by atoms with van der Waals surface area (Å²) >= 11 is 5.77. The van der Waals surface area contributed by atoms with Gasteiger partial charge in [-0.05, 0) is 12.1 Å². The number of halogens is 4. The number of hydrogen-bond acceptors (Lipinski definition) is 2. The maximum absolute atomic E-state index is 12.9. The third kappa shape index (κ3) is 2.72. The van der Waals surface area contributed by atoms with Crippen molar-refractivity contribution in [3.05, 3.63) is 52.0 Å². The van der Waals surface area contributed by atoms with Crippen LogP contribution in [-0.2, 0) is 6.18 Å². The van der Waals surface area contributed by atoms with Gasteiger partial charge in [0, 0.05) is 5.56 Å². The van der Waals surface area contributed by atoms with Crippen molar-refractivity contribution in [3.8, 4) is 11.3 Å². The topological polar surface area (TPSA) is 59.0 Å². The average Bonchev–Trinajstić information content (AvgIpc) is 2.37. The molecule has 1 aromatic carbocycles. The molecular weight excluding hydrogens is 295 g/mol. The predicted molar refractivity (Wildman–Crippen MR) is 66.0 cm³/mol. The Balaban J connectivity index is 2.59. The molecule has 0 saturated carbocycles. The summed E-state index contributed by atoms with van der Waals surface area (Å²) in [4.78, 5) is 14.5. The molecule has 0 aliphatic carbocycles. The second-order valence-electron chi connectivity index (χ2n) is 3.82. The minimum absolute atomic E-state index is 0.0477. The van der Waals surface area contributed by atoms with Gasteiger partial charge < -0.3 is 0 Å². The first-order valence-corrected chi connectivity index (χ1v) is 5.65. The maximum atomic E-state index is 12.9. The van der Waals surface area contributed by atoms with Crippen LogP contribution < -0.4 is 5.84 Å². The van der Waals surface area contributed by atoms with Crippen molar-refractivity contribution in [2.45, 2.75) is 6.18 Å². The molecule has 0 atom stereocenters. The molecule has 0 unspecified atom stereocenters. The van der Waals surface area contributed by atoms with Crippen LogP contribution in [0.1, 0.15) is 5.56 Å². The SMILES string of the molecule is N[N+](=O)c1[c]nc(-c2ccccc2C(F)(F)F)cc1Cl. The van der Waals surface area contributed by atoms with Crippen LogP contribution in [0, 0.1) is 11.1 Å². The smallest absolute Gasteiger partial charge is 0.239 e. The second-order valence-corrected chi connectivity index (χ2v) is 4.23. The standard InChI is InChI=1S/C12H7ClF3N3O/c13-9-5-10(18-6-11(9)19(17)20)7-3-1-2-4-8(7)12(14,15)16/h1-5H,(H2,17,20)/q+1. The summed E-state index contributed by atoms with van der Waals surface area (Å²) in [6.45, 7) is 0. The number of hydrazine groups is 1. The Hall–Kier alpha value is -2.15. The molecule has 103 valence electrons. The van der Waals surface area contributed by atoms with Gasteiger partial charge in [-0.1, -0.05) is 29.8 Å². The number of benzene rings is 1. The third-order valence-electron chi connectivity index (χ3n) is 2.50. The van der Waals surface area contributed by atoms with Crippen molar-refractivity contribution in [2.75, 3.05) is 0 Å². The normalized spacial score (nSPS) is 11.4. The lowest BCUT2D eigenvalue weighted by Crippen LogP contribution is -2.10. The van der Waals surface area contributed by atoms with Gasteiger partial charge in [-0.3, -0.25) is 0 Å². The molecule has 0 aliphatic heterocycles. The summed E-state index contributed by atoms with van der Waals surface area (Å²) in [5.41, 5.74) is -1.30. The lowest BCUT2D eigenvalue weighted by atomic mass is 10.0. The average molecular weight is 302 g/mol. The fraction of sp³-hybridized carbons (Fsp3) is 0.0833. The van der Waals surface area contributed by atoms with E-state index in [2.05, 4.69) is 11.2 Å². The summed E-state index contributed by atoms with van der Waals surface area (Å²) in [6, 6.07) is 6.03. The molecule has 0 amide bonds. The van der Waals surface area contributed by atoms with Crippen LogP contribution in [0.4, 0.5) is 18.9 Å². The first-order valence-electron chi connectivity index (χ1n) is 5.27. The van der Waals surface area contributed by atoms with Crippen LogP contribution >= 0.6 is 11.6 Å². The highest BCUT2D eigenvalue weighted by Crippen LogP contribution is 2.37. The Morgan fingerprint density at radius 3 is 2.50 bits per heavy atom. The van der Waals surface area contributed by atoms with Gasteiger partial charge >= 0.3 is 11.9 Å². The molecule has 0 spiro atoms. The zero-order chi connectivity index (χ0) is 14.9. The van der Waals surface area contributed by atoms with E-state index in [-0.39, 0.29) is 26.8 Å². The summed E-state index contributed by atoms with van der Waals surface area (Å²) in [7, 11) is 0. The van der Waals surface area contributed by atoms with Gasteiger partial charge in [-0.15, -0.1) is 0 Å². The molecule has 20 heavy (non-hydrogen) atoms.